The molecule has 0 saturated carbocycles. The maximum atomic E-state index is 14.4. The molecule has 0 aromatic heterocycles. The number of hydrogen-bond donors (Lipinski definition) is 3. The number of carboxylic acid groups (broad SMARTS) is 1. The van der Waals surface area contributed by atoms with Gasteiger partial charge < -0.3 is 15.2 Å². The van der Waals surface area contributed by atoms with Crippen molar-refractivity contribution in [2.24, 2.45) is 0 Å². The second-order valence-corrected chi connectivity index (χ2v) is 8.49. The average Bonchev–Trinajstić information content (AvgIpc) is 2.82. The minimum atomic E-state index is -4.87. The van der Waals surface area contributed by atoms with Gasteiger partial charge in [-0.2, -0.15) is 13.2 Å². The zero-order valence-corrected chi connectivity index (χ0v) is 20.3. The van der Waals surface area contributed by atoms with Crippen LogP contribution in [0.2, 0.25) is 0 Å². The molecular weight excluding hydrogens is 492 g/mol. The fourth-order valence-corrected chi connectivity index (χ4v) is 4.05. The number of anilines is 1. The van der Waals surface area contributed by atoms with E-state index >= 15 is 0 Å². The number of aryl methyl sites for hydroxylation is 2. The highest BCUT2D eigenvalue weighted by Gasteiger charge is 2.38. The molecule has 0 aliphatic heterocycles. The standard InChI is InChI=1S/C27H26F4N2O4/c1-15-6-4-7-16(2)22(15)24(34)32-18-12-10-17(11-13-18)14-21(26(35)36)33-25(37-3)23-19(27(29,30)31)8-5-9-20(23)28/h4-13,21,25,33H,14H2,1-3H3,(H,32,34)(H,35,36). The lowest BCUT2D eigenvalue weighted by Crippen LogP contribution is -2.42. The quantitative estimate of drug-likeness (QED) is 0.252. The number of hydrogen-bond acceptors (Lipinski definition) is 4. The van der Waals surface area contributed by atoms with Crippen LogP contribution in [-0.4, -0.2) is 30.1 Å². The van der Waals surface area contributed by atoms with Gasteiger partial charge >= 0.3 is 12.1 Å². The van der Waals surface area contributed by atoms with E-state index in [0.29, 0.717) is 22.9 Å². The molecular formula is C27H26F4N2O4. The van der Waals surface area contributed by atoms with Crippen molar-refractivity contribution in [1.29, 1.82) is 0 Å². The minimum Gasteiger partial charge on any atom is -0.480 e. The summed E-state index contributed by atoms with van der Waals surface area (Å²) in [6.45, 7) is 3.66. The van der Waals surface area contributed by atoms with Crippen molar-refractivity contribution in [2.45, 2.75) is 38.7 Å². The molecule has 0 saturated heterocycles. The summed E-state index contributed by atoms with van der Waals surface area (Å²) in [5, 5.41) is 14.9. The number of alkyl halides is 3. The second kappa shape index (κ2) is 11.5. The maximum Gasteiger partial charge on any atom is 0.416 e. The van der Waals surface area contributed by atoms with Crippen molar-refractivity contribution in [3.05, 3.63) is 99.9 Å². The first-order chi connectivity index (χ1) is 17.4. The van der Waals surface area contributed by atoms with Gasteiger partial charge in [0.25, 0.3) is 5.91 Å². The lowest BCUT2D eigenvalue weighted by molar-refractivity contribution is -0.141. The summed E-state index contributed by atoms with van der Waals surface area (Å²) in [6, 6.07) is 12.9. The maximum absolute atomic E-state index is 14.4. The molecule has 0 spiro atoms. The highest BCUT2D eigenvalue weighted by Crippen LogP contribution is 2.36. The monoisotopic (exact) mass is 518 g/mol. The lowest BCUT2D eigenvalue weighted by atomic mass is 10.0. The molecule has 0 radical (unpaired) electrons. The number of rotatable bonds is 9. The van der Waals surface area contributed by atoms with Crippen LogP contribution in [0, 0.1) is 19.7 Å². The molecule has 37 heavy (non-hydrogen) atoms. The highest BCUT2D eigenvalue weighted by atomic mass is 19.4. The molecule has 3 aromatic carbocycles. The number of ether oxygens (including phenoxy) is 1. The Labute approximate surface area is 211 Å². The van der Waals surface area contributed by atoms with Gasteiger partial charge in [-0.3, -0.25) is 14.9 Å². The number of carbonyl (C=O) groups is 2. The summed E-state index contributed by atoms with van der Waals surface area (Å²) < 4.78 is 59.8. The number of benzene rings is 3. The van der Waals surface area contributed by atoms with Crippen molar-refractivity contribution in [2.75, 3.05) is 12.4 Å². The molecule has 3 aromatic rings. The van der Waals surface area contributed by atoms with E-state index in [1.165, 1.54) is 0 Å². The molecule has 196 valence electrons. The summed E-state index contributed by atoms with van der Waals surface area (Å²) in [5.74, 6) is -2.83. The molecule has 0 heterocycles. The summed E-state index contributed by atoms with van der Waals surface area (Å²) in [5.41, 5.74) is 1.10. The normalized spacial score (nSPS) is 13.2. The van der Waals surface area contributed by atoms with Crippen molar-refractivity contribution >= 4 is 17.6 Å². The first-order valence-electron chi connectivity index (χ1n) is 11.3. The molecule has 3 rings (SSSR count). The van der Waals surface area contributed by atoms with Crippen LogP contribution in [0.15, 0.2) is 60.7 Å². The Morgan fingerprint density at radius 1 is 0.973 bits per heavy atom. The summed E-state index contributed by atoms with van der Waals surface area (Å²) in [4.78, 5) is 24.6. The van der Waals surface area contributed by atoms with E-state index in [1.807, 2.05) is 32.0 Å². The zero-order valence-electron chi connectivity index (χ0n) is 20.3. The van der Waals surface area contributed by atoms with Crippen LogP contribution in [0.3, 0.4) is 0 Å². The average molecular weight is 519 g/mol. The Morgan fingerprint density at radius 2 is 1.57 bits per heavy atom. The molecule has 0 bridgehead atoms. The Kier molecular flexibility index (Phi) is 8.67. The van der Waals surface area contributed by atoms with Crippen LogP contribution in [0.5, 0.6) is 0 Å². The summed E-state index contributed by atoms with van der Waals surface area (Å²) >= 11 is 0. The fraction of sp³-hybridized carbons (Fsp3) is 0.259. The first kappa shape index (κ1) is 27.8. The van der Waals surface area contributed by atoms with Crippen molar-refractivity contribution in [1.82, 2.24) is 5.32 Å². The number of carbonyl (C=O) groups excluding carboxylic acids is 1. The molecule has 2 atom stereocenters. The Morgan fingerprint density at radius 3 is 2.11 bits per heavy atom. The van der Waals surface area contributed by atoms with Crippen LogP contribution < -0.4 is 10.6 Å². The van der Waals surface area contributed by atoms with E-state index in [0.717, 1.165) is 30.4 Å². The smallest absolute Gasteiger partial charge is 0.416 e. The molecule has 6 nitrogen and oxygen atoms in total. The van der Waals surface area contributed by atoms with Gasteiger partial charge in [-0.1, -0.05) is 36.4 Å². The van der Waals surface area contributed by atoms with Gasteiger partial charge in [0, 0.05) is 23.9 Å². The zero-order chi connectivity index (χ0) is 27.3. The Balaban J connectivity index is 1.77. The number of nitrogens with one attached hydrogen (secondary N) is 2. The van der Waals surface area contributed by atoms with Crippen LogP contribution in [-0.2, 0) is 22.1 Å². The summed E-state index contributed by atoms with van der Waals surface area (Å²) in [6.07, 6.45) is -6.68. The van der Waals surface area contributed by atoms with Gasteiger partial charge in [-0.15, -0.1) is 0 Å². The van der Waals surface area contributed by atoms with Crippen molar-refractivity contribution < 1.29 is 37.0 Å². The second-order valence-electron chi connectivity index (χ2n) is 8.49. The Hall–Kier alpha value is -3.76. The predicted molar refractivity (Wildman–Crippen MR) is 130 cm³/mol. The van der Waals surface area contributed by atoms with E-state index < -0.39 is 41.4 Å². The fourth-order valence-electron chi connectivity index (χ4n) is 4.05. The van der Waals surface area contributed by atoms with Gasteiger partial charge in [0.1, 0.15) is 18.1 Å². The number of methoxy groups -OCH3 is 1. The number of aliphatic carboxylic acids is 1. The van der Waals surface area contributed by atoms with Crippen LogP contribution in [0.25, 0.3) is 0 Å². The van der Waals surface area contributed by atoms with E-state index in [4.69, 9.17) is 4.74 Å². The molecule has 1 amide bonds. The number of carboxylic acids is 1. The molecule has 3 N–H and O–H groups in total. The SMILES string of the molecule is COC(NC(Cc1ccc(NC(=O)c2c(C)cccc2C)cc1)C(=O)O)c1c(F)cccc1C(F)(F)F. The minimum absolute atomic E-state index is 0.143. The van der Waals surface area contributed by atoms with Crippen molar-refractivity contribution in [3.63, 3.8) is 0 Å². The summed E-state index contributed by atoms with van der Waals surface area (Å²) in [7, 11) is 1.05. The third-order valence-corrected chi connectivity index (χ3v) is 5.87. The molecule has 2 unspecified atom stereocenters. The molecule has 0 aliphatic carbocycles. The number of halogens is 4. The van der Waals surface area contributed by atoms with Gasteiger partial charge in [-0.05, 0) is 61.2 Å². The van der Waals surface area contributed by atoms with Gasteiger partial charge in [-0.25, -0.2) is 4.39 Å². The number of amides is 1. The van der Waals surface area contributed by atoms with Gasteiger partial charge in [0.05, 0.1) is 5.56 Å². The third-order valence-electron chi connectivity index (χ3n) is 5.87. The largest absolute Gasteiger partial charge is 0.480 e. The van der Waals surface area contributed by atoms with Crippen LogP contribution >= 0.6 is 0 Å². The van der Waals surface area contributed by atoms with E-state index in [2.05, 4.69) is 10.6 Å². The highest BCUT2D eigenvalue weighted by molar-refractivity contribution is 6.06. The van der Waals surface area contributed by atoms with E-state index in [-0.39, 0.29) is 12.3 Å². The van der Waals surface area contributed by atoms with E-state index in [1.54, 1.807) is 24.3 Å². The third kappa shape index (κ3) is 6.72. The van der Waals surface area contributed by atoms with Crippen molar-refractivity contribution in [3.8, 4) is 0 Å². The predicted octanol–water partition coefficient (Wildman–Crippen LogP) is 5.64. The van der Waals surface area contributed by atoms with Crippen LogP contribution in [0.1, 0.15) is 44.4 Å². The van der Waals surface area contributed by atoms with E-state index in [9.17, 15) is 32.3 Å². The van der Waals surface area contributed by atoms with Gasteiger partial charge in [0.2, 0.25) is 0 Å². The first-order valence-corrected chi connectivity index (χ1v) is 11.3. The molecule has 0 fully saturated rings. The van der Waals surface area contributed by atoms with Gasteiger partial charge in [0.15, 0.2) is 0 Å². The van der Waals surface area contributed by atoms with Crippen LogP contribution in [0.4, 0.5) is 23.2 Å². The molecule has 10 heteroatoms. The Bertz CT molecular complexity index is 1260. The topological polar surface area (TPSA) is 87.7 Å². The molecule has 0 aliphatic rings. The lowest BCUT2D eigenvalue weighted by Gasteiger charge is -2.25.